The van der Waals surface area contributed by atoms with E-state index >= 15 is 0 Å². The first-order chi connectivity index (χ1) is 11.9. The van der Waals surface area contributed by atoms with E-state index in [-0.39, 0.29) is 0 Å². The minimum absolute atomic E-state index is 0.951. The maximum absolute atomic E-state index is 3.09. The quantitative estimate of drug-likeness (QED) is 0.284. The lowest BCUT2D eigenvalue weighted by atomic mass is 10.1. The Morgan fingerprint density at radius 3 is 1.12 bits per heavy atom. The lowest BCUT2D eigenvalue weighted by Crippen LogP contribution is -1.77. The van der Waals surface area contributed by atoms with Gasteiger partial charge in [0.2, 0.25) is 0 Å². The van der Waals surface area contributed by atoms with Crippen LogP contribution in [0.25, 0.3) is 0 Å². The Morgan fingerprint density at radius 2 is 0.708 bits per heavy atom. The van der Waals surface area contributed by atoms with E-state index < -0.39 is 0 Å². The van der Waals surface area contributed by atoms with E-state index in [1.54, 1.807) is 0 Å². The Hall–Kier alpha value is -1.76. The molecule has 0 aliphatic carbocycles. The first kappa shape index (κ1) is 22.2. The van der Waals surface area contributed by atoms with Crippen LogP contribution in [-0.2, 0) is 0 Å². The molecule has 0 spiro atoms. The zero-order valence-electron chi connectivity index (χ0n) is 15.9. The van der Waals surface area contributed by atoms with Crippen molar-refractivity contribution in [1.29, 1.82) is 0 Å². The van der Waals surface area contributed by atoms with E-state index in [0.29, 0.717) is 0 Å². The molecule has 0 heterocycles. The van der Waals surface area contributed by atoms with Gasteiger partial charge in [0, 0.05) is 12.8 Å². The largest absolute Gasteiger partial charge is 0.0891 e. The number of rotatable bonds is 12. The van der Waals surface area contributed by atoms with Crippen molar-refractivity contribution in [2.24, 2.45) is 0 Å². The van der Waals surface area contributed by atoms with Crippen LogP contribution in [0.3, 0.4) is 0 Å². The minimum Gasteiger partial charge on any atom is -0.0891 e. The summed E-state index contributed by atoms with van der Waals surface area (Å²) in [5.74, 6) is 22.9. The van der Waals surface area contributed by atoms with E-state index in [2.05, 4.69) is 61.2 Å². The lowest BCUT2D eigenvalue weighted by Gasteiger charge is -1.96. The molecule has 0 aliphatic rings. The van der Waals surface area contributed by atoms with Crippen molar-refractivity contribution < 1.29 is 0 Å². The van der Waals surface area contributed by atoms with Crippen LogP contribution < -0.4 is 0 Å². The summed E-state index contributed by atoms with van der Waals surface area (Å²) in [5, 5.41) is 0. The topological polar surface area (TPSA) is 0 Å². The molecule has 0 aliphatic heterocycles. The Balaban J connectivity index is 3.55. The van der Waals surface area contributed by atoms with Gasteiger partial charge in [-0.1, -0.05) is 89.9 Å². The molecule has 0 fully saturated rings. The van der Waals surface area contributed by atoms with Gasteiger partial charge in [-0.3, -0.25) is 0 Å². The Bertz CT molecular complexity index is 457. The van der Waals surface area contributed by atoms with Crippen LogP contribution in [0.5, 0.6) is 0 Å². The molecule has 0 nitrogen and oxygen atoms in total. The fourth-order valence-corrected chi connectivity index (χ4v) is 2.33. The molecule has 0 aromatic rings. The summed E-state index contributed by atoms with van der Waals surface area (Å²) in [6.07, 6.45) is 17.6. The molecule has 0 heteroatoms. The van der Waals surface area contributed by atoms with Crippen LogP contribution in [0.1, 0.15) is 104 Å². The zero-order chi connectivity index (χ0) is 17.6. The Labute approximate surface area is 151 Å². The number of hydrogen-bond donors (Lipinski definition) is 0. The van der Waals surface area contributed by atoms with E-state index in [4.69, 9.17) is 0 Å². The molecule has 0 atom stereocenters. The summed E-state index contributed by atoms with van der Waals surface area (Å²) in [6.45, 7) is 4.49. The summed E-state index contributed by atoms with van der Waals surface area (Å²) in [6, 6.07) is 0. The second-order valence-electron chi connectivity index (χ2n) is 6.14. The highest BCUT2D eigenvalue weighted by atomic mass is 13.9. The van der Waals surface area contributed by atoms with Crippen LogP contribution in [-0.4, -0.2) is 0 Å². The fraction of sp³-hybridized carbons (Fsp3) is 0.667. The van der Waals surface area contributed by atoms with Crippen LogP contribution in [0.2, 0.25) is 0 Å². The Kier molecular flexibility index (Phi) is 19.7. The van der Waals surface area contributed by atoms with Gasteiger partial charge < -0.3 is 0 Å². The van der Waals surface area contributed by atoms with Crippen LogP contribution in [0.15, 0.2) is 0 Å². The third-order valence-electron chi connectivity index (χ3n) is 3.80. The maximum Gasteiger partial charge on any atom is 0.00989 e. The maximum atomic E-state index is 3.09. The lowest BCUT2D eigenvalue weighted by molar-refractivity contribution is 0.614. The van der Waals surface area contributed by atoms with Crippen molar-refractivity contribution in [3.63, 3.8) is 0 Å². The molecule has 0 N–H and O–H groups in total. The molecule has 130 valence electrons. The highest BCUT2D eigenvalue weighted by molar-refractivity contribution is 5.39. The number of hydrogen-bond acceptors (Lipinski definition) is 0. The van der Waals surface area contributed by atoms with E-state index in [0.717, 1.165) is 12.8 Å². The first-order valence-electron chi connectivity index (χ1n) is 9.87. The van der Waals surface area contributed by atoms with Gasteiger partial charge in [-0.25, -0.2) is 0 Å². The smallest absolute Gasteiger partial charge is 0.00989 e. The minimum atomic E-state index is 0.951. The average Bonchev–Trinajstić information content (AvgIpc) is 2.60. The third-order valence-corrected chi connectivity index (χ3v) is 3.80. The molecule has 0 unspecified atom stereocenters. The van der Waals surface area contributed by atoms with Crippen molar-refractivity contribution in [1.82, 2.24) is 0 Å². The van der Waals surface area contributed by atoms with Gasteiger partial charge in [0.1, 0.15) is 0 Å². The summed E-state index contributed by atoms with van der Waals surface area (Å²) in [7, 11) is 0. The monoisotopic (exact) mass is 322 g/mol. The average molecular weight is 323 g/mol. The van der Waals surface area contributed by atoms with Crippen LogP contribution in [0, 0.1) is 47.4 Å². The van der Waals surface area contributed by atoms with E-state index in [9.17, 15) is 0 Å². The van der Waals surface area contributed by atoms with Gasteiger partial charge in [0.25, 0.3) is 0 Å². The molecule has 0 rings (SSSR count). The number of unbranched alkanes of at least 4 members (excludes halogenated alkanes) is 12. The zero-order valence-corrected chi connectivity index (χ0v) is 15.9. The van der Waals surface area contributed by atoms with Crippen LogP contribution in [0.4, 0.5) is 0 Å². The van der Waals surface area contributed by atoms with Crippen molar-refractivity contribution >= 4 is 0 Å². The molecular weight excluding hydrogens is 288 g/mol. The normalized spacial score (nSPS) is 8.58. The first-order valence-corrected chi connectivity index (χ1v) is 9.87. The van der Waals surface area contributed by atoms with Crippen LogP contribution >= 0.6 is 0 Å². The van der Waals surface area contributed by atoms with E-state index in [1.165, 1.54) is 77.0 Å². The predicted octanol–water partition coefficient (Wildman–Crippen LogP) is 6.50. The van der Waals surface area contributed by atoms with Gasteiger partial charge >= 0.3 is 0 Å². The molecule has 0 aromatic carbocycles. The van der Waals surface area contributed by atoms with Crippen molar-refractivity contribution in [3.8, 4) is 47.4 Å². The molecule has 0 saturated heterocycles. The van der Waals surface area contributed by atoms with Gasteiger partial charge in [-0.15, -0.1) is 0 Å². The van der Waals surface area contributed by atoms with Crippen molar-refractivity contribution in [2.45, 2.75) is 104 Å². The summed E-state index contributed by atoms with van der Waals surface area (Å²) >= 11 is 0. The Morgan fingerprint density at radius 1 is 0.375 bits per heavy atom. The fourth-order valence-electron chi connectivity index (χ4n) is 2.33. The molecule has 24 heavy (non-hydrogen) atoms. The molecular formula is C24H34. The molecule has 0 aromatic heterocycles. The van der Waals surface area contributed by atoms with Crippen molar-refractivity contribution in [2.75, 3.05) is 0 Å². The SMILES string of the molecule is CCCCCCCCC#CC#CC#CC#CCCCCCCCC. The highest BCUT2D eigenvalue weighted by Gasteiger charge is 1.88. The summed E-state index contributed by atoms with van der Waals surface area (Å²) in [4.78, 5) is 0. The molecule has 0 amide bonds. The third kappa shape index (κ3) is 20.2. The summed E-state index contributed by atoms with van der Waals surface area (Å²) < 4.78 is 0. The van der Waals surface area contributed by atoms with Gasteiger partial charge in [0.05, 0.1) is 0 Å². The summed E-state index contributed by atoms with van der Waals surface area (Å²) in [5.41, 5.74) is 0. The van der Waals surface area contributed by atoms with Gasteiger partial charge in [-0.2, -0.15) is 0 Å². The second-order valence-corrected chi connectivity index (χ2v) is 6.14. The highest BCUT2D eigenvalue weighted by Crippen LogP contribution is 2.06. The van der Waals surface area contributed by atoms with E-state index in [1.807, 2.05) is 0 Å². The second kappa shape index (κ2) is 21.2. The van der Waals surface area contributed by atoms with Gasteiger partial charge in [0.15, 0.2) is 0 Å². The standard InChI is InChI=1S/C24H34/c1-3-5-7-9-11-13-15-17-19-21-23-24-22-20-18-16-14-12-10-8-6-4-2/h3-16H2,1-2H3. The molecule has 0 radical (unpaired) electrons. The van der Waals surface area contributed by atoms with Gasteiger partial charge in [-0.05, 0) is 48.4 Å². The predicted molar refractivity (Wildman–Crippen MR) is 107 cm³/mol. The molecule has 0 saturated carbocycles. The molecule has 0 bridgehead atoms. The van der Waals surface area contributed by atoms with Crippen molar-refractivity contribution in [3.05, 3.63) is 0 Å².